The zero-order valence-corrected chi connectivity index (χ0v) is 30.6. The van der Waals surface area contributed by atoms with Crippen LogP contribution in [0.4, 0.5) is 0 Å². The van der Waals surface area contributed by atoms with E-state index >= 15 is 0 Å². The molecule has 0 saturated heterocycles. The van der Waals surface area contributed by atoms with Crippen LogP contribution in [0.15, 0.2) is 176 Å². The van der Waals surface area contributed by atoms with Gasteiger partial charge < -0.3 is 0 Å². The molecule has 53 heavy (non-hydrogen) atoms. The maximum atomic E-state index is 5.26. The predicted octanol–water partition coefficient (Wildman–Crippen LogP) is 11.3. The van der Waals surface area contributed by atoms with E-state index in [0.717, 1.165) is 33.2 Å². The molecule has 2 heterocycles. The summed E-state index contributed by atoms with van der Waals surface area (Å²) in [4.78, 5) is 15.7. The van der Waals surface area contributed by atoms with Crippen LogP contribution in [-0.4, -0.2) is 23.0 Å². The van der Waals surface area contributed by atoms with Crippen molar-refractivity contribution in [3.63, 3.8) is 0 Å². The number of rotatable bonds is 5. The molecule has 0 saturated carbocycles. The SMILES string of the molecule is C[Si]1(C)c2cc(-c3nc(-c4ccc5cc(-c6ccccc6)ccc5c4)nc(-c4ccccc4-c4ccccc4)n3)ccc2-c2c1ccc1ccccc21. The molecule has 1 aromatic heterocycles. The third-order valence-corrected chi connectivity index (χ3v) is 14.4. The minimum absolute atomic E-state index is 0.660. The van der Waals surface area contributed by atoms with Gasteiger partial charge >= 0.3 is 0 Å². The van der Waals surface area contributed by atoms with Crippen LogP contribution >= 0.6 is 0 Å². The summed E-state index contributed by atoms with van der Waals surface area (Å²) in [5.74, 6) is 2.00. The fraction of sp³-hybridized carbons (Fsp3) is 0.0408. The van der Waals surface area contributed by atoms with Crippen LogP contribution < -0.4 is 10.4 Å². The summed E-state index contributed by atoms with van der Waals surface area (Å²) in [6.07, 6.45) is 0. The molecule has 250 valence electrons. The lowest BCUT2D eigenvalue weighted by molar-refractivity contribution is 1.08. The fourth-order valence-electron chi connectivity index (χ4n) is 8.14. The normalized spacial score (nSPS) is 12.9. The van der Waals surface area contributed by atoms with Gasteiger partial charge in [-0.15, -0.1) is 0 Å². The summed E-state index contributed by atoms with van der Waals surface area (Å²) in [5.41, 5.74) is 10.3. The number of nitrogens with zero attached hydrogens (tertiary/aromatic N) is 3. The van der Waals surface area contributed by atoms with E-state index in [1.165, 1.54) is 48.8 Å². The van der Waals surface area contributed by atoms with E-state index in [1.807, 2.05) is 6.07 Å². The molecular formula is C49H35N3Si. The van der Waals surface area contributed by atoms with E-state index in [9.17, 15) is 0 Å². The number of hydrogen-bond acceptors (Lipinski definition) is 3. The standard InChI is InChI=1S/C49H35N3Si/c1-53(2)44-28-26-34-17-9-10-19-41(34)46(44)43-27-25-39(31-45(43)53)48-50-47(51-49(52-48)42-20-12-11-18-40(42)33-15-7-4-8-16-33)38-24-23-36-29-35(21-22-37(36)30-38)32-13-5-3-6-14-32/h3-31H,1-2H3. The summed E-state index contributed by atoms with van der Waals surface area (Å²) < 4.78 is 0. The molecule has 10 rings (SSSR count). The van der Waals surface area contributed by atoms with Gasteiger partial charge in [0, 0.05) is 16.7 Å². The van der Waals surface area contributed by atoms with Crippen molar-refractivity contribution in [3.8, 4) is 67.5 Å². The van der Waals surface area contributed by atoms with E-state index in [0.29, 0.717) is 17.5 Å². The van der Waals surface area contributed by atoms with Crippen molar-refractivity contribution < 1.29 is 0 Å². The Morgan fingerprint density at radius 1 is 0.340 bits per heavy atom. The second-order valence-corrected chi connectivity index (χ2v) is 18.8. The minimum Gasteiger partial charge on any atom is -0.208 e. The van der Waals surface area contributed by atoms with E-state index in [-0.39, 0.29) is 0 Å². The highest BCUT2D eigenvalue weighted by molar-refractivity contribution is 7.04. The Bertz CT molecular complexity index is 2860. The van der Waals surface area contributed by atoms with Gasteiger partial charge in [0.05, 0.1) is 0 Å². The van der Waals surface area contributed by atoms with Crippen LogP contribution in [0, 0.1) is 0 Å². The molecule has 0 N–H and O–H groups in total. The summed E-state index contributed by atoms with van der Waals surface area (Å²) in [6, 6.07) is 62.9. The zero-order chi connectivity index (χ0) is 35.5. The highest BCUT2D eigenvalue weighted by atomic mass is 28.3. The van der Waals surface area contributed by atoms with Crippen LogP contribution in [0.2, 0.25) is 13.1 Å². The fourth-order valence-corrected chi connectivity index (χ4v) is 11.2. The Labute approximate surface area is 310 Å². The summed E-state index contributed by atoms with van der Waals surface area (Å²) >= 11 is 0. The van der Waals surface area contributed by atoms with E-state index in [2.05, 4.69) is 183 Å². The molecule has 3 nitrogen and oxygen atoms in total. The average Bonchev–Trinajstić information content (AvgIpc) is 3.46. The molecular weight excluding hydrogens is 659 g/mol. The Hall–Kier alpha value is -6.49. The van der Waals surface area contributed by atoms with Crippen molar-refractivity contribution in [2.75, 3.05) is 0 Å². The first-order valence-corrected chi connectivity index (χ1v) is 21.2. The van der Waals surface area contributed by atoms with Gasteiger partial charge in [-0.25, -0.2) is 15.0 Å². The minimum atomic E-state index is -2.00. The van der Waals surface area contributed by atoms with Gasteiger partial charge in [-0.05, 0) is 77.4 Å². The van der Waals surface area contributed by atoms with Gasteiger partial charge in [0.1, 0.15) is 8.07 Å². The van der Waals surface area contributed by atoms with Gasteiger partial charge in [0.15, 0.2) is 17.5 Å². The quantitative estimate of drug-likeness (QED) is 0.168. The highest BCUT2D eigenvalue weighted by Crippen LogP contribution is 2.37. The molecule has 0 fully saturated rings. The van der Waals surface area contributed by atoms with E-state index < -0.39 is 8.07 Å². The number of fused-ring (bicyclic) bond motifs is 6. The molecule has 0 spiro atoms. The molecule has 9 aromatic rings. The highest BCUT2D eigenvalue weighted by Gasteiger charge is 2.38. The smallest absolute Gasteiger partial charge is 0.164 e. The van der Waals surface area contributed by atoms with Crippen molar-refractivity contribution in [1.29, 1.82) is 0 Å². The molecule has 0 unspecified atom stereocenters. The Kier molecular flexibility index (Phi) is 7.27. The first-order valence-electron chi connectivity index (χ1n) is 18.2. The van der Waals surface area contributed by atoms with E-state index in [4.69, 9.17) is 15.0 Å². The van der Waals surface area contributed by atoms with Crippen molar-refractivity contribution in [3.05, 3.63) is 176 Å². The third-order valence-electron chi connectivity index (χ3n) is 10.9. The average molecular weight is 694 g/mol. The topological polar surface area (TPSA) is 38.7 Å². The zero-order valence-electron chi connectivity index (χ0n) is 29.6. The largest absolute Gasteiger partial charge is 0.208 e. The van der Waals surface area contributed by atoms with Gasteiger partial charge in [0.2, 0.25) is 0 Å². The van der Waals surface area contributed by atoms with Crippen molar-refractivity contribution in [1.82, 2.24) is 15.0 Å². The lowest BCUT2D eigenvalue weighted by Gasteiger charge is -2.19. The molecule has 0 bridgehead atoms. The second-order valence-electron chi connectivity index (χ2n) is 14.5. The molecule has 0 atom stereocenters. The van der Waals surface area contributed by atoms with Crippen LogP contribution in [0.5, 0.6) is 0 Å². The first kappa shape index (κ1) is 31.3. The Morgan fingerprint density at radius 2 is 0.887 bits per heavy atom. The van der Waals surface area contributed by atoms with Crippen LogP contribution in [0.3, 0.4) is 0 Å². The summed E-state index contributed by atoms with van der Waals surface area (Å²) in [7, 11) is -2.00. The molecule has 8 aromatic carbocycles. The van der Waals surface area contributed by atoms with Crippen LogP contribution in [0.25, 0.3) is 89.1 Å². The van der Waals surface area contributed by atoms with Gasteiger partial charge in [0.25, 0.3) is 0 Å². The molecule has 1 aliphatic heterocycles. The lowest BCUT2D eigenvalue weighted by atomic mass is 9.97. The molecule has 0 amide bonds. The Balaban J connectivity index is 1.15. The van der Waals surface area contributed by atoms with Crippen molar-refractivity contribution in [2.45, 2.75) is 13.1 Å². The van der Waals surface area contributed by atoms with E-state index in [1.54, 1.807) is 0 Å². The molecule has 0 aliphatic carbocycles. The predicted molar refractivity (Wildman–Crippen MR) is 224 cm³/mol. The first-order chi connectivity index (χ1) is 26.0. The maximum absolute atomic E-state index is 5.26. The van der Waals surface area contributed by atoms with Crippen molar-refractivity contribution >= 4 is 40.0 Å². The van der Waals surface area contributed by atoms with Crippen molar-refractivity contribution in [2.24, 2.45) is 0 Å². The Morgan fingerprint density at radius 3 is 1.64 bits per heavy atom. The van der Waals surface area contributed by atoms with Gasteiger partial charge in [-0.2, -0.15) is 0 Å². The van der Waals surface area contributed by atoms with Crippen LogP contribution in [-0.2, 0) is 0 Å². The lowest BCUT2D eigenvalue weighted by Crippen LogP contribution is -2.49. The van der Waals surface area contributed by atoms with Gasteiger partial charge in [-0.3, -0.25) is 0 Å². The number of benzene rings is 8. The monoisotopic (exact) mass is 693 g/mol. The van der Waals surface area contributed by atoms with Gasteiger partial charge in [-0.1, -0.05) is 177 Å². The summed E-state index contributed by atoms with van der Waals surface area (Å²) in [6.45, 7) is 4.93. The third kappa shape index (κ3) is 5.30. The number of hydrogen-bond donors (Lipinski definition) is 0. The second kappa shape index (κ2) is 12.3. The molecule has 0 radical (unpaired) electrons. The summed E-state index contributed by atoms with van der Waals surface area (Å²) in [5, 5.41) is 7.84. The van der Waals surface area contributed by atoms with Crippen LogP contribution in [0.1, 0.15) is 0 Å². The maximum Gasteiger partial charge on any atom is 0.164 e. The molecule has 4 heteroatoms. The molecule has 1 aliphatic rings. The number of aromatic nitrogens is 3.